The maximum absolute atomic E-state index is 13.2. The number of rotatable bonds is 6. The van der Waals surface area contributed by atoms with E-state index in [1.165, 1.54) is 13.0 Å². The van der Waals surface area contributed by atoms with E-state index >= 15 is 0 Å². The lowest BCUT2D eigenvalue weighted by Crippen LogP contribution is -2.86. The van der Waals surface area contributed by atoms with Gasteiger partial charge in [-0.25, -0.2) is 8.78 Å². The number of amides is 1. The number of anilines is 1. The van der Waals surface area contributed by atoms with Crippen molar-refractivity contribution < 1.29 is 23.7 Å². The monoisotopic (exact) mass is 333 g/mol. The highest BCUT2D eigenvalue weighted by molar-refractivity contribution is 5.95. The van der Waals surface area contributed by atoms with Gasteiger partial charge < -0.3 is 10.6 Å². The maximum atomic E-state index is 13.2. The van der Waals surface area contributed by atoms with Crippen LogP contribution in [0.1, 0.15) is 35.8 Å². The van der Waals surface area contributed by atoms with Gasteiger partial charge in [0, 0.05) is 16.8 Å². The molecule has 126 valence electrons. The van der Waals surface area contributed by atoms with Crippen molar-refractivity contribution in [2.24, 2.45) is 0 Å². The van der Waals surface area contributed by atoms with Gasteiger partial charge in [-0.2, -0.15) is 0 Å². The van der Waals surface area contributed by atoms with E-state index in [-0.39, 0.29) is 24.3 Å². The van der Waals surface area contributed by atoms with E-state index in [4.69, 9.17) is 0 Å². The van der Waals surface area contributed by atoms with Crippen LogP contribution in [0.3, 0.4) is 0 Å². The molecule has 2 rings (SSSR count). The lowest BCUT2D eigenvalue weighted by molar-refractivity contribution is -0.682. The molecule has 1 atom stereocenters. The second-order valence-corrected chi connectivity index (χ2v) is 5.58. The van der Waals surface area contributed by atoms with Gasteiger partial charge in [0.25, 0.3) is 5.91 Å². The van der Waals surface area contributed by atoms with Crippen molar-refractivity contribution in [2.45, 2.75) is 19.9 Å². The Morgan fingerprint density at radius 1 is 1.08 bits per heavy atom. The Morgan fingerprint density at radius 2 is 1.75 bits per heavy atom. The first-order valence-corrected chi connectivity index (χ1v) is 7.56. The zero-order valence-corrected chi connectivity index (χ0v) is 13.5. The molecule has 4 nitrogen and oxygen atoms in total. The lowest BCUT2D eigenvalue weighted by Gasteiger charge is -2.11. The van der Waals surface area contributed by atoms with E-state index in [9.17, 15) is 18.4 Å². The highest BCUT2D eigenvalue weighted by Crippen LogP contribution is 2.13. The van der Waals surface area contributed by atoms with Crippen LogP contribution in [0.25, 0.3) is 0 Å². The molecule has 0 fully saturated rings. The van der Waals surface area contributed by atoms with E-state index in [0.29, 0.717) is 16.8 Å². The van der Waals surface area contributed by atoms with Gasteiger partial charge in [0.2, 0.25) is 0 Å². The fourth-order valence-corrected chi connectivity index (χ4v) is 2.22. The Morgan fingerprint density at radius 3 is 2.33 bits per heavy atom. The average Bonchev–Trinajstić information content (AvgIpc) is 2.55. The molecule has 0 spiro atoms. The highest BCUT2D eigenvalue weighted by atomic mass is 19.2. The third-order valence-corrected chi connectivity index (χ3v) is 3.70. The molecule has 2 aromatic carbocycles. The molecule has 0 radical (unpaired) electrons. The van der Waals surface area contributed by atoms with Crippen LogP contribution in [0.4, 0.5) is 14.5 Å². The molecule has 0 saturated carbocycles. The van der Waals surface area contributed by atoms with Crippen molar-refractivity contribution in [3.63, 3.8) is 0 Å². The Balaban J connectivity index is 1.88. The molecule has 0 unspecified atom stereocenters. The molecule has 0 heterocycles. The summed E-state index contributed by atoms with van der Waals surface area (Å²) in [7, 11) is 0. The van der Waals surface area contributed by atoms with Gasteiger partial charge in [-0.1, -0.05) is 0 Å². The van der Waals surface area contributed by atoms with Crippen molar-refractivity contribution >= 4 is 17.4 Å². The third kappa shape index (κ3) is 4.70. The zero-order valence-electron chi connectivity index (χ0n) is 13.5. The molecule has 0 aromatic heterocycles. The van der Waals surface area contributed by atoms with Gasteiger partial charge in [0.1, 0.15) is 6.04 Å². The third-order valence-electron chi connectivity index (χ3n) is 3.70. The second kappa shape index (κ2) is 7.79. The van der Waals surface area contributed by atoms with Crippen LogP contribution in [0.15, 0.2) is 42.5 Å². The van der Waals surface area contributed by atoms with Gasteiger partial charge in [-0.05, 0) is 56.3 Å². The van der Waals surface area contributed by atoms with Crippen molar-refractivity contribution in [1.29, 1.82) is 0 Å². The number of nitrogens with two attached hydrogens (primary N) is 1. The number of Topliss-reactive ketones (excluding diaryl/α,β-unsaturated/α-hetero) is 1. The predicted octanol–water partition coefficient (Wildman–Crippen LogP) is 2.43. The van der Waals surface area contributed by atoms with E-state index < -0.39 is 11.6 Å². The molecular formula is C18H19F2N2O2+. The van der Waals surface area contributed by atoms with Crippen LogP contribution in [0, 0.1) is 11.6 Å². The fraction of sp³-hybridized carbons (Fsp3) is 0.222. The van der Waals surface area contributed by atoms with Gasteiger partial charge in [0.15, 0.2) is 24.0 Å². The Labute approximate surface area is 138 Å². The number of quaternary nitrogens is 1. The summed E-state index contributed by atoms with van der Waals surface area (Å²) in [6.45, 7) is 3.42. The van der Waals surface area contributed by atoms with E-state index in [1.807, 2.05) is 6.92 Å². The number of hydrogen-bond donors (Lipinski definition) is 2. The minimum atomic E-state index is -0.900. The highest BCUT2D eigenvalue weighted by Gasteiger charge is 2.14. The normalized spacial score (nSPS) is 11.8. The number of halogens is 2. The molecule has 6 heteroatoms. The summed E-state index contributed by atoms with van der Waals surface area (Å²) >= 11 is 0. The largest absolute Gasteiger partial charge is 0.333 e. The van der Waals surface area contributed by atoms with E-state index in [0.717, 1.165) is 12.1 Å². The van der Waals surface area contributed by atoms with Gasteiger partial charge in [-0.3, -0.25) is 9.59 Å². The lowest BCUT2D eigenvalue weighted by atomic mass is 10.1. The van der Waals surface area contributed by atoms with Crippen LogP contribution < -0.4 is 10.6 Å². The molecule has 0 aliphatic heterocycles. The Bertz CT molecular complexity index is 745. The first-order chi connectivity index (χ1) is 11.4. The van der Waals surface area contributed by atoms with Gasteiger partial charge in [0.05, 0.1) is 0 Å². The minimum Gasteiger partial charge on any atom is -0.333 e. The van der Waals surface area contributed by atoms with Crippen molar-refractivity contribution in [3.8, 4) is 0 Å². The Kier molecular flexibility index (Phi) is 5.76. The molecule has 3 N–H and O–H groups in total. The van der Waals surface area contributed by atoms with Crippen LogP contribution in [0.2, 0.25) is 0 Å². The van der Waals surface area contributed by atoms with E-state index in [2.05, 4.69) is 5.32 Å². The maximum Gasteiger partial charge on any atom is 0.279 e. The number of nitrogens with one attached hydrogen (secondary N) is 1. The van der Waals surface area contributed by atoms with Crippen LogP contribution in [-0.4, -0.2) is 18.2 Å². The predicted molar refractivity (Wildman–Crippen MR) is 86.6 cm³/mol. The summed E-state index contributed by atoms with van der Waals surface area (Å²) in [5, 5.41) is 4.45. The first-order valence-electron chi connectivity index (χ1n) is 7.56. The van der Waals surface area contributed by atoms with Crippen molar-refractivity contribution in [3.05, 3.63) is 65.2 Å². The molecule has 24 heavy (non-hydrogen) atoms. The molecule has 2 aromatic rings. The van der Waals surface area contributed by atoms with Crippen LogP contribution in [-0.2, 0) is 4.79 Å². The minimum absolute atomic E-state index is 0.0402. The van der Waals surface area contributed by atoms with Crippen LogP contribution >= 0.6 is 0 Å². The molecule has 1 amide bonds. The SMILES string of the molecule is CC(=O)c1ccc(NC(=O)C[NH2+][C@H](C)c2ccc(F)c(F)c2)cc1. The molecule has 0 aliphatic carbocycles. The summed E-state index contributed by atoms with van der Waals surface area (Å²) in [5.74, 6) is -2.05. The summed E-state index contributed by atoms with van der Waals surface area (Å²) in [5.41, 5.74) is 1.78. The summed E-state index contributed by atoms with van der Waals surface area (Å²) < 4.78 is 26.1. The average molecular weight is 333 g/mol. The first kappa shape index (κ1) is 17.7. The number of benzene rings is 2. The smallest absolute Gasteiger partial charge is 0.279 e. The van der Waals surface area contributed by atoms with Crippen molar-refractivity contribution in [2.75, 3.05) is 11.9 Å². The van der Waals surface area contributed by atoms with Crippen molar-refractivity contribution in [1.82, 2.24) is 0 Å². The molecule has 0 bridgehead atoms. The van der Waals surface area contributed by atoms with Gasteiger partial charge >= 0.3 is 0 Å². The number of hydrogen-bond acceptors (Lipinski definition) is 2. The summed E-state index contributed by atoms with van der Waals surface area (Å²) in [6, 6.07) is 10.1. The quantitative estimate of drug-likeness (QED) is 0.798. The number of carbonyl (C=O) groups excluding carboxylic acids is 2. The zero-order chi connectivity index (χ0) is 17.7. The topological polar surface area (TPSA) is 62.8 Å². The molecular weight excluding hydrogens is 314 g/mol. The van der Waals surface area contributed by atoms with Gasteiger partial charge in [-0.15, -0.1) is 0 Å². The molecule has 0 aliphatic rings. The second-order valence-electron chi connectivity index (χ2n) is 5.58. The number of carbonyl (C=O) groups is 2. The van der Waals surface area contributed by atoms with E-state index in [1.54, 1.807) is 29.6 Å². The Hall–Kier alpha value is -2.60. The summed E-state index contributed by atoms with van der Waals surface area (Å²) in [6.07, 6.45) is 0. The summed E-state index contributed by atoms with van der Waals surface area (Å²) in [4.78, 5) is 23.1. The molecule has 0 saturated heterocycles. The standard InChI is InChI=1S/C18H18F2N2O2/c1-11(14-5-8-16(19)17(20)9-14)21-10-18(24)22-15-6-3-13(4-7-15)12(2)23/h3-9,11,21H,10H2,1-2H3,(H,22,24)/p+1/t11-/m1/s1. The van der Waals surface area contributed by atoms with Crippen LogP contribution in [0.5, 0.6) is 0 Å². The fourth-order valence-electron chi connectivity index (χ4n) is 2.22. The number of ketones is 1.